The van der Waals surface area contributed by atoms with Gasteiger partial charge in [-0.25, -0.2) is 14.0 Å². The highest BCUT2D eigenvalue weighted by Gasteiger charge is 2.18. The topological polar surface area (TPSA) is 92.2 Å². The molecule has 0 unspecified atom stereocenters. The molecule has 7 nitrogen and oxygen atoms in total. The summed E-state index contributed by atoms with van der Waals surface area (Å²) in [7, 11) is 0. The Balaban J connectivity index is 1.58. The summed E-state index contributed by atoms with van der Waals surface area (Å²) in [6, 6.07) is 7.67. The number of benzene rings is 1. The lowest BCUT2D eigenvalue weighted by atomic mass is 10.1. The molecule has 2 N–H and O–H groups in total. The van der Waals surface area contributed by atoms with Crippen LogP contribution in [-0.4, -0.2) is 31.8 Å². The van der Waals surface area contributed by atoms with Gasteiger partial charge < -0.3 is 5.32 Å². The fourth-order valence-electron chi connectivity index (χ4n) is 3.68. The molecule has 1 aromatic carbocycles. The predicted octanol–water partition coefficient (Wildman–Crippen LogP) is 2.61. The minimum Gasteiger partial charge on any atom is -0.353 e. The number of aromatic amines is 1. The van der Waals surface area contributed by atoms with Crippen LogP contribution < -0.4 is 10.9 Å². The normalized spacial score (nSPS) is 15.5. The zero-order valence-electron chi connectivity index (χ0n) is 15.4. The number of carbonyl (C=O) groups is 1. The minimum atomic E-state index is -0.395. The van der Waals surface area contributed by atoms with E-state index in [9.17, 15) is 14.0 Å². The Bertz CT molecular complexity index is 1030. The van der Waals surface area contributed by atoms with Crippen molar-refractivity contribution in [2.45, 2.75) is 51.0 Å². The van der Waals surface area contributed by atoms with E-state index in [0.29, 0.717) is 22.6 Å². The van der Waals surface area contributed by atoms with E-state index in [4.69, 9.17) is 0 Å². The summed E-state index contributed by atoms with van der Waals surface area (Å²) in [4.78, 5) is 24.6. The summed E-state index contributed by atoms with van der Waals surface area (Å²) in [6.45, 7) is 0. The maximum atomic E-state index is 13.2. The molecule has 0 aliphatic heterocycles. The van der Waals surface area contributed by atoms with Crippen molar-refractivity contribution in [3.63, 3.8) is 0 Å². The van der Waals surface area contributed by atoms with Gasteiger partial charge in [0, 0.05) is 11.6 Å². The second-order valence-corrected chi connectivity index (χ2v) is 7.24. The van der Waals surface area contributed by atoms with Gasteiger partial charge in [-0.15, -0.1) is 0 Å². The molecule has 1 saturated carbocycles. The average molecular weight is 383 g/mol. The second-order valence-electron chi connectivity index (χ2n) is 7.24. The van der Waals surface area contributed by atoms with E-state index in [1.165, 1.54) is 29.5 Å². The van der Waals surface area contributed by atoms with Crippen LogP contribution in [0.15, 0.2) is 35.1 Å². The molecule has 0 saturated heterocycles. The number of H-pyrrole nitrogens is 1. The van der Waals surface area contributed by atoms with Crippen LogP contribution in [0.3, 0.4) is 0 Å². The third-order valence-corrected chi connectivity index (χ3v) is 5.15. The van der Waals surface area contributed by atoms with Crippen LogP contribution in [0, 0.1) is 5.82 Å². The number of rotatable bonds is 4. The van der Waals surface area contributed by atoms with Gasteiger partial charge in [0.15, 0.2) is 5.82 Å². The number of amides is 1. The fourth-order valence-corrected chi connectivity index (χ4v) is 3.68. The Morgan fingerprint density at radius 3 is 2.61 bits per heavy atom. The van der Waals surface area contributed by atoms with Crippen molar-refractivity contribution in [2.75, 3.05) is 0 Å². The Kier molecular flexibility index (Phi) is 5.18. The molecule has 1 aliphatic rings. The van der Waals surface area contributed by atoms with Crippen LogP contribution in [0.5, 0.6) is 0 Å². The Labute approximate surface area is 161 Å². The molecule has 1 aliphatic carbocycles. The van der Waals surface area contributed by atoms with Crippen molar-refractivity contribution in [3.05, 3.63) is 52.3 Å². The van der Waals surface area contributed by atoms with E-state index in [1.807, 2.05) is 0 Å². The quantitative estimate of drug-likeness (QED) is 0.678. The van der Waals surface area contributed by atoms with E-state index < -0.39 is 5.56 Å². The van der Waals surface area contributed by atoms with Crippen LogP contribution >= 0.6 is 0 Å². The first-order valence-electron chi connectivity index (χ1n) is 9.63. The summed E-state index contributed by atoms with van der Waals surface area (Å²) in [5.41, 5.74) is 1.10. The molecule has 0 atom stereocenters. The molecular formula is C20H22FN5O2. The lowest BCUT2D eigenvalue weighted by Crippen LogP contribution is -2.36. The van der Waals surface area contributed by atoms with E-state index in [1.54, 1.807) is 18.2 Å². The average Bonchev–Trinajstić information content (AvgIpc) is 2.98. The summed E-state index contributed by atoms with van der Waals surface area (Å²) < 4.78 is 14.6. The molecule has 0 spiro atoms. The van der Waals surface area contributed by atoms with Crippen molar-refractivity contribution in [3.8, 4) is 11.3 Å². The zero-order valence-corrected chi connectivity index (χ0v) is 15.4. The molecule has 2 heterocycles. The first-order chi connectivity index (χ1) is 13.6. The second kappa shape index (κ2) is 7.92. The van der Waals surface area contributed by atoms with Gasteiger partial charge >= 0.3 is 0 Å². The van der Waals surface area contributed by atoms with Gasteiger partial charge in [-0.2, -0.15) is 10.2 Å². The first kappa shape index (κ1) is 18.3. The zero-order chi connectivity index (χ0) is 19.5. The van der Waals surface area contributed by atoms with Gasteiger partial charge in [-0.3, -0.25) is 9.59 Å². The predicted molar refractivity (Wildman–Crippen MR) is 102 cm³/mol. The Morgan fingerprint density at radius 2 is 1.89 bits per heavy atom. The third kappa shape index (κ3) is 3.95. The number of halogens is 1. The molecule has 2 aromatic heterocycles. The van der Waals surface area contributed by atoms with Gasteiger partial charge in [0.05, 0.1) is 12.1 Å². The van der Waals surface area contributed by atoms with Crippen LogP contribution in [0.1, 0.15) is 44.3 Å². The molecule has 3 aromatic rings. The number of hydrogen-bond donors (Lipinski definition) is 2. The highest BCUT2D eigenvalue weighted by molar-refractivity contribution is 5.78. The third-order valence-electron chi connectivity index (χ3n) is 5.15. The van der Waals surface area contributed by atoms with Crippen LogP contribution in [0.25, 0.3) is 16.8 Å². The summed E-state index contributed by atoms with van der Waals surface area (Å²) in [5, 5.41) is 13.9. The Hall–Kier alpha value is -3.03. The van der Waals surface area contributed by atoms with E-state index >= 15 is 0 Å². The molecule has 8 heteroatoms. The summed E-state index contributed by atoms with van der Waals surface area (Å²) in [5.74, 6) is -0.122. The van der Waals surface area contributed by atoms with E-state index in [0.717, 1.165) is 25.7 Å². The molecule has 146 valence electrons. The number of nitrogens with one attached hydrogen (secondary N) is 2. The maximum Gasteiger partial charge on any atom is 0.290 e. The van der Waals surface area contributed by atoms with Gasteiger partial charge in [-0.1, -0.05) is 25.7 Å². The highest BCUT2D eigenvalue weighted by atomic mass is 19.1. The maximum absolute atomic E-state index is 13.2. The fraction of sp³-hybridized carbons (Fsp3) is 0.400. The van der Waals surface area contributed by atoms with Crippen molar-refractivity contribution < 1.29 is 9.18 Å². The number of nitrogens with zero attached hydrogens (tertiary/aromatic N) is 3. The van der Waals surface area contributed by atoms with Crippen LogP contribution in [0.4, 0.5) is 4.39 Å². The SMILES string of the molecule is O=C(Cc1n[nH]c(=O)c2cc(-c3ccc(F)cc3)nn12)NC1CCCCCC1. The molecule has 0 bridgehead atoms. The molecule has 1 fully saturated rings. The smallest absolute Gasteiger partial charge is 0.290 e. The first-order valence-corrected chi connectivity index (χ1v) is 9.63. The number of hydrogen-bond acceptors (Lipinski definition) is 4. The van der Waals surface area contributed by atoms with Crippen molar-refractivity contribution >= 4 is 11.4 Å². The van der Waals surface area contributed by atoms with Crippen LogP contribution in [-0.2, 0) is 11.2 Å². The van der Waals surface area contributed by atoms with Gasteiger partial charge in [0.2, 0.25) is 5.91 Å². The lowest BCUT2D eigenvalue weighted by molar-refractivity contribution is -0.121. The van der Waals surface area contributed by atoms with Crippen molar-refractivity contribution in [1.29, 1.82) is 0 Å². The van der Waals surface area contributed by atoms with Crippen molar-refractivity contribution in [2.24, 2.45) is 0 Å². The van der Waals surface area contributed by atoms with Gasteiger partial charge in [-0.05, 0) is 43.2 Å². The van der Waals surface area contributed by atoms with Gasteiger partial charge in [0.1, 0.15) is 11.3 Å². The highest BCUT2D eigenvalue weighted by Crippen LogP contribution is 2.20. The molecule has 0 radical (unpaired) electrons. The molecule has 1 amide bonds. The minimum absolute atomic E-state index is 0.0221. The number of carbonyl (C=O) groups excluding carboxylic acids is 1. The van der Waals surface area contributed by atoms with E-state index in [-0.39, 0.29) is 24.2 Å². The van der Waals surface area contributed by atoms with Crippen LogP contribution in [0.2, 0.25) is 0 Å². The molecule has 4 rings (SSSR count). The standard InChI is InChI=1S/C20H22FN5O2/c21-14-9-7-13(8-10-14)16-11-17-20(28)24-23-18(26(17)25-16)12-19(27)22-15-5-3-1-2-4-6-15/h7-11,15H,1-6,12H2,(H,22,27)(H,24,28). The van der Waals surface area contributed by atoms with E-state index in [2.05, 4.69) is 20.6 Å². The number of fused-ring (bicyclic) bond motifs is 1. The summed E-state index contributed by atoms with van der Waals surface area (Å²) >= 11 is 0. The monoisotopic (exact) mass is 383 g/mol. The Morgan fingerprint density at radius 1 is 1.18 bits per heavy atom. The van der Waals surface area contributed by atoms with Gasteiger partial charge in [0.25, 0.3) is 5.56 Å². The number of aromatic nitrogens is 4. The lowest BCUT2D eigenvalue weighted by Gasteiger charge is -2.16. The molecule has 28 heavy (non-hydrogen) atoms. The largest absolute Gasteiger partial charge is 0.353 e. The molecular weight excluding hydrogens is 361 g/mol. The summed E-state index contributed by atoms with van der Waals surface area (Å²) in [6.07, 6.45) is 6.71. The van der Waals surface area contributed by atoms with Crippen molar-refractivity contribution in [1.82, 2.24) is 25.1 Å².